The van der Waals surface area contributed by atoms with Crippen LogP contribution in [0.25, 0.3) is 0 Å². The summed E-state index contributed by atoms with van der Waals surface area (Å²) in [5, 5.41) is 5.85. The van der Waals surface area contributed by atoms with E-state index in [0.717, 1.165) is 4.90 Å². The van der Waals surface area contributed by atoms with Crippen molar-refractivity contribution < 1.29 is 14.4 Å². The van der Waals surface area contributed by atoms with Crippen molar-refractivity contribution in [1.82, 2.24) is 20.4 Å². The Morgan fingerprint density at radius 2 is 1.71 bits per heavy atom. The summed E-state index contributed by atoms with van der Waals surface area (Å²) in [7, 11) is 1.32. The molecule has 3 N–H and O–H groups in total. The largest absolute Gasteiger partial charge is 0.323 e. The highest BCUT2D eigenvalue weighted by molar-refractivity contribution is 7.99. The lowest BCUT2D eigenvalue weighted by Crippen LogP contribution is -2.24. The number of hydrogen-bond donors (Lipinski definition) is 3. The number of nitrogens with zero attached hydrogens (tertiary/aromatic N) is 3. The van der Waals surface area contributed by atoms with Crippen LogP contribution >= 0.6 is 11.8 Å². The number of hydroxylamine groups is 1. The second-order valence-corrected chi connectivity index (χ2v) is 6.34. The first-order chi connectivity index (χ1) is 13.6. The van der Waals surface area contributed by atoms with Crippen LogP contribution < -0.4 is 16.1 Å². The number of hydrogen-bond acceptors (Lipinski definition) is 7. The molecule has 1 aromatic heterocycles. The van der Waals surface area contributed by atoms with E-state index in [0.29, 0.717) is 16.5 Å². The fourth-order valence-corrected chi connectivity index (χ4v) is 2.91. The molecule has 0 atom stereocenters. The third kappa shape index (κ3) is 5.50. The Hall–Kier alpha value is -3.50. The maximum Gasteiger partial charge on any atom is 0.323 e. The molecule has 0 unspecified atom stereocenters. The zero-order chi connectivity index (χ0) is 19.8. The first kappa shape index (κ1) is 19.3. The van der Waals surface area contributed by atoms with Crippen LogP contribution in [0.1, 0.15) is 10.6 Å². The highest BCUT2D eigenvalue weighted by Gasteiger charge is 2.11. The van der Waals surface area contributed by atoms with E-state index >= 15 is 0 Å². The Kier molecular flexibility index (Phi) is 6.50. The number of carbonyl (C=O) groups is 2. The zero-order valence-electron chi connectivity index (χ0n) is 14.7. The van der Waals surface area contributed by atoms with Crippen LogP contribution in [0.5, 0.6) is 0 Å². The van der Waals surface area contributed by atoms with Gasteiger partial charge in [-0.25, -0.2) is 20.2 Å². The van der Waals surface area contributed by atoms with Gasteiger partial charge in [0.25, 0.3) is 0 Å². The number of amides is 3. The van der Waals surface area contributed by atoms with Gasteiger partial charge in [-0.2, -0.15) is 4.98 Å². The van der Waals surface area contributed by atoms with Gasteiger partial charge < -0.3 is 10.6 Å². The van der Waals surface area contributed by atoms with Gasteiger partial charge in [0.15, 0.2) is 5.16 Å². The van der Waals surface area contributed by atoms with Crippen molar-refractivity contribution in [2.45, 2.75) is 10.1 Å². The number of para-hydroxylation sites is 1. The standard InChI is InChI=1S/C18H16N6O3S/c1-27-24-16(25)15-19-11-20-18(23-15)28-14-9-5-8-13(10-14)22-17(26)21-12-6-3-2-4-7-12/h2-11H,1H3,(H,24,25)(H2,21,22,26). The lowest BCUT2D eigenvalue weighted by Gasteiger charge is -2.09. The summed E-state index contributed by atoms with van der Waals surface area (Å²) in [5.74, 6) is -0.629. The van der Waals surface area contributed by atoms with Gasteiger partial charge >= 0.3 is 11.9 Å². The number of anilines is 2. The number of carbonyl (C=O) groups excluding carboxylic acids is 2. The fourth-order valence-electron chi connectivity index (χ4n) is 2.14. The van der Waals surface area contributed by atoms with Crippen molar-refractivity contribution in [3.8, 4) is 0 Å². The van der Waals surface area contributed by atoms with Crippen LogP contribution in [0.3, 0.4) is 0 Å². The molecule has 0 saturated carbocycles. The third-order valence-corrected chi connectivity index (χ3v) is 4.15. The van der Waals surface area contributed by atoms with Crippen molar-refractivity contribution in [2.75, 3.05) is 17.7 Å². The number of urea groups is 1. The molecule has 3 aromatic rings. The van der Waals surface area contributed by atoms with Gasteiger partial charge in [-0.15, -0.1) is 0 Å². The molecule has 1 heterocycles. The number of benzene rings is 2. The second kappa shape index (κ2) is 9.44. The van der Waals surface area contributed by atoms with E-state index in [4.69, 9.17) is 0 Å². The van der Waals surface area contributed by atoms with Gasteiger partial charge in [-0.1, -0.05) is 24.3 Å². The lowest BCUT2D eigenvalue weighted by molar-refractivity contribution is 0.0525. The molecule has 0 bridgehead atoms. The third-order valence-electron chi connectivity index (χ3n) is 3.28. The summed E-state index contributed by atoms with van der Waals surface area (Å²) in [5.41, 5.74) is 3.44. The van der Waals surface area contributed by atoms with Gasteiger partial charge in [0.1, 0.15) is 6.33 Å². The van der Waals surface area contributed by atoms with E-state index in [9.17, 15) is 9.59 Å². The van der Waals surface area contributed by atoms with Gasteiger partial charge in [-0.05, 0) is 42.1 Å². The van der Waals surface area contributed by atoms with Gasteiger partial charge in [0.05, 0.1) is 7.11 Å². The van der Waals surface area contributed by atoms with E-state index in [-0.39, 0.29) is 11.9 Å². The average Bonchev–Trinajstić information content (AvgIpc) is 2.69. The first-order valence-electron chi connectivity index (χ1n) is 8.07. The average molecular weight is 396 g/mol. The summed E-state index contributed by atoms with van der Waals surface area (Å²) in [6, 6.07) is 15.9. The molecular formula is C18H16N6O3S. The molecule has 0 radical (unpaired) electrons. The van der Waals surface area contributed by atoms with Crippen LogP contribution in [-0.4, -0.2) is 34.0 Å². The smallest absolute Gasteiger partial charge is 0.308 e. The van der Waals surface area contributed by atoms with Gasteiger partial charge in [0, 0.05) is 16.3 Å². The molecule has 9 nitrogen and oxygen atoms in total. The minimum atomic E-state index is -0.570. The van der Waals surface area contributed by atoms with E-state index < -0.39 is 5.91 Å². The predicted octanol–water partition coefficient (Wildman–Crippen LogP) is 2.96. The normalized spacial score (nSPS) is 10.2. The quantitative estimate of drug-likeness (QED) is 0.548. The Bertz CT molecular complexity index is 970. The highest BCUT2D eigenvalue weighted by Crippen LogP contribution is 2.26. The van der Waals surface area contributed by atoms with E-state index in [2.05, 4.69) is 35.9 Å². The Labute approximate surface area is 164 Å². The minimum absolute atomic E-state index is 0.0594. The summed E-state index contributed by atoms with van der Waals surface area (Å²) in [6.45, 7) is 0. The summed E-state index contributed by atoms with van der Waals surface area (Å²) in [6.07, 6.45) is 1.25. The van der Waals surface area contributed by atoms with Crippen LogP contribution in [-0.2, 0) is 4.84 Å². The summed E-state index contributed by atoms with van der Waals surface area (Å²) < 4.78 is 0. The molecule has 3 rings (SSSR count). The van der Waals surface area contributed by atoms with E-state index in [1.807, 2.05) is 24.3 Å². The van der Waals surface area contributed by atoms with E-state index in [1.54, 1.807) is 30.3 Å². The Morgan fingerprint density at radius 1 is 0.964 bits per heavy atom. The van der Waals surface area contributed by atoms with Crippen molar-refractivity contribution in [2.24, 2.45) is 0 Å². The van der Waals surface area contributed by atoms with Crippen LogP contribution in [0.2, 0.25) is 0 Å². The summed E-state index contributed by atoms with van der Waals surface area (Å²) >= 11 is 1.23. The van der Waals surface area contributed by atoms with Gasteiger partial charge in [0.2, 0.25) is 5.82 Å². The molecular weight excluding hydrogens is 380 g/mol. The Balaban J connectivity index is 1.66. The van der Waals surface area contributed by atoms with Crippen LogP contribution in [0.15, 0.2) is 71.0 Å². The molecule has 10 heteroatoms. The maximum absolute atomic E-state index is 12.1. The van der Waals surface area contributed by atoms with Crippen molar-refractivity contribution >= 4 is 35.1 Å². The lowest BCUT2D eigenvalue weighted by atomic mass is 10.3. The molecule has 0 fully saturated rings. The molecule has 0 aliphatic rings. The molecule has 28 heavy (non-hydrogen) atoms. The zero-order valence-corrected chi connectivity index (χ0v) is 15.6. The van der Waals surface area contributed by atoms with Crippen LogP contribution in [0, 0.1) is 0 Å². The van der Waals surface area contributed by atoms with Crippen molar-refractivity contribution in [3.63, 3.8) is 0 Å². The number of rotatable bonds is 6. The van der Waals surface area contributed by atoms with Crippen LogP contribution in [0.4, 0.5) is 16.2 Å². The number of aromatic nitrogens is 3. The maximum atomic E-state index is 12.1. The fraction of sp³-hybridized carbons (Fsp3) is 0.0556. The minimum Gasteiger partial charge on any atom is -0.308 e. The molecule has 0 spiro atoms. The predicted molar refractivity (Wildman–Crippen MR) is 104 cm³/mol. The monoisotopic (exact) mass is 396 g/mol. The topological polar surface area (TPSA) is 118 Å². The molecule has 0 saturated heterocycles. The van der Waals surface area contributed by atoms with Crippen molar-refractivity contribution in [3.05, 3.63) is 66.7 Å². The second-order valence-electron chi connectivity index (χ2n) is 5.30. The summed E-state index contributed by atoms with van der Waals surface area (Å²) in [4.78, 5) is 41.1. The number of nitrogens with one attached hydrogen (secondary N) is 3. The molecule has 2 aromatic carbocycles. The molecule has 142 valence electrons. The molecule has 0 aliphatic carbocycles. The van der Waals surface area contributed by atoms with E-state index in [1.165, 1.54) is 25.2 Å². The Morgan fingerprint density at radius 3 is 2.50 bits per heavy atom. The van der Waals surface area contributed by atoms with Gasteiger partial charge in [-0.3, -0.25) is 9.63 Å². The highest BCUT2D eigenvalue weighted by atomic mass is 32.2. The van der Waals surface area contributed by atoms with Crippen molar-refractivity contribution in [1.29, 1.82) is 0 Å². The first-order valence-corrected chi connectivity index (χ1v) is 8.89. The SMILES string of the molecule is CONC(=O)c1ncnc(Sc2cccc(NC(=O)Nc3ccccc3)c2)n1. The molecule has 3 amide bonds. The molecule has 0 aliphatic heterocycles.